The summed E-state index contributed by atoms with van der Waals surface area (Å²) in [6, 6.07) is 17.0. The molecule has 1 aliphatic rings. The SMILES string of the molecule is O=C(Oc1ccc2c(c1)O/C(=C\c1cccc([N+](=O)[O-])c1)C2=O)c1ccc(Br)cc1. The predicted octanol–water partition coefficient (Wildman–Crippen LogP) is 5.19. The van der Waals surface area contributed by atoms with Crippen molar-refractivity contribution >= 4 is 39.4 Å². The second-order valence-electron chi connectivity index (χ2n) is 6.35. The Labute approximate surface area is 178 Å². The van der Waals surface area contributed by atoms with Crippen molar-refractivity contribution < 1.29 is 24.0 Å². The Morgan fingerprint density at radius 1 is 1.07 bits per heavy atom. The van der Waals surface area contributed by atoms with Crippen LogP contribution in [0.25, 0.3) is 6.08 Å². The van der Waals surface area contributed by atoms with Gasteiger partial charge in [-0.1, -0.05) is 28.1 Å². The number of hydrogen-bond donors (Lipinski definition) is 0. The molecule has 0 bridgehead atoms. The first kappa shape index (κ1) is 19.5. The molecule has 0 amide bonds. The lowest BCUT2D eigenvalue weighted by Crippen LogP contribution is -2.08. The first-order valence-corrected chi connectivity index (χ1v) is 9.50. The third-order valence-electron chi connectivity index (χ3n) is 4.31. The summed E-state index contributed by atoms with van der Waals surface area (Å²) in [6.07, 6.45) is 1.43. The highest BCUT2D eigenvalue weighted by Crippen LogP contribution is 2.35. The van der Waals surface area contributed by atoms with Crippen molar-refractivity contribution in [1.82, 2.24) is 0 Å². The quantitative estimate of drug-likeness (QED) is 0.173. The summed E-state index contributed by atoms with van der Waals surface area (Å²) in [5.41, 5.74) is 1.06. The lowest BCUT2D eigenvalue weighted by molar-refractivity contribution is -0.384. The average Bonchev–Trinajstić information content (AvgIpc) is 3.03. The van der Waals surface area contributed by atoms with Gasteiger partial charge >= 0.3 is 5.97 Å². The highest BCUT2D eigenvalue weighted by molar-refractivity contribution is 9.10. The minimum Gasteiger partial charge on any atom is -0.452 e. The fraction of sp³-hybridized carbons (Fsp3) is 0. The van der Waals surface area contributed by atoms with Gasteiger partial charge in [0.15, 0.2) is 5.76 Å². The van der Waals surface area contributed by atoms with E-state index in [1.807, 2.05) is 0 Å². The topological polar surface area (TPSA) is 95.7 Å². The maximum Gasteiger partial charge on any atom is 0.343 e. The molecule has 0 saturated carbocycles. The Kier molecular flexibility index (Phi) is 5.16. The van der Waals surface area contributed by atoms with Gasteiger partial charge in [-0.2, -0.15) is 0 Å². The first-order chi connectivity index (χ1) is 14.4. The number of ether oxygens (including phenoxy) is 2. The van der Waals surface area contributed by atoms with Crippen LogP contribution in [0.1, 0.15) is 26.3 Å². The van der Waals surface area contributed by atoms with Crippen LogP contribution in [0.15, 0.2) is 77.0 Å². The summed E-state index contributed by atoms with van der Waals surface area (Å²) in [5, 5.41) is 10.9. The molecule has 1 heterocycles. The Morgan fingerprint density at radius 3 is 2.57 bits per heavy atom. The molecule has 0 unspecified atom stereocenters. The molecule has 8 heteroatoms. The van der Waals surface area contributed by atoms with Gasteiger partial charge in [-0.05, 0) is 48.0 Å². The first-order valence-electron chi connectivity index (χ1n) is 8.71. The van der Waals surface area contributed by atoms with E-state index in [-0.39, 0.29) is 28.7 Å². The van der Waals surface area contributed by atoms with Gasteiger partial charge in [-0.3, -0.25) is 14.9 Å². The highest BCUT2D eigenvalue weighted by atomic mass is 79.9. The summed E-state index contributed by atoms with van der Waals surface area (Å²) in [6.45, 7) is 0. The van der Waals surface area contributed by atoms with E-state index in [4.69, 9.17) is 9.47 Å². The van der Waals surface area contributed by atoms with Gasteiger partial charge in [0.2, 0.25) is 5.78 Å². The number of benzene rings is 3. The van der Waals surface area contributed by atoms with Crippen LogP contribution in [0.2, 0.25) is 0 Å². The molecule has 1 aliphatic heterocycles. The van der Waals surface area contributed by atoms with E-state index >= 15 is 0 Å². The molecule has 0 saturated heterocycles. The number of nitro groups is 1. The number of hydrogen-bond acceptors (Lipinski definition) is 6. The Balaban J connectivity index is 1.55. The van der Waals surface area contributed by atoms with Gasteiger partial charge < -0.3 is 9.47 Å². The standard InChI is InChI=1S/C22H12BrNO6/c23-15-6-4-14(5-7-15)22(26)29-17-8-9-18-19(12-17)30-20(21(18)25)11-13-2-1-3-16(10-13)24(27)28/h1-12H/b20-11-. The zero-order chi connectivity index (χ0) is 21.3. The molecule has 0 radical (unpaired) electrons. The molecular weight excluding hydrogens is 454 g/mol. The smallest absolute Gasteiger partial charge is 0.343 e. The highest BCUT2D eigenvalue weighted by Gasteiger charge is 2.28. The number of halogens is 1. The van der Waals surface area contributed by atoms with E-state index in [9.17, 15) is 19.7 Å². The second kappa shape index (κ2) is 7.92. The fourth-order valence-corrected chi connectivity index (χ4v) is 3.13. The lowest BCUT2D eigenvalue weighted by Gasteiger charge is -2.06. The van der Waals surface area contributed by atoms with Crippen LogP contribution in [-0.4, -0.2) is 16.7 Å². The van der Waals surface area contributed by atoms with E-state index in [1.54, 1.807) is 30.3 Å². The monoisotopic (exact) mass is 465 g/mol. The molecule has 0 aliphatic carbocycles. The van der Waals surface area contributed by atoms with Gasteiger partial charge in [0.05, 0.1) is 16.1 Å². The average molecular weight is 466 g/mol. The van der Waals surface area contributed by atoms with Crippen LogP contribution in [0.5, 0.6) is 11.5 Å². The minimum absolute atomic E-state index is 0.0295. The van der Waals surface area contributed by atoms with E-state index < -0.39 is 10.9 Å². The zero-order valence-electron chi connectivity index (χ0n) is 15.2. The number of nitro benzene ring substituents is 1. The number of fused-ring (bicyclic) bond motifs is 1. The molecule has 0 N–H and O–H groups in total. The molecular formula is C22H12BrNO6. The summed E-state index contributed by atoms with van der Waals surface area (Å²) in [4.78, 5) is 35.2. The zero-order valence-corrected chi connectivity index (χ0v) is 16.8. The van der Waals surface area contributed by atoms with E-state index in [2.05, 4.69) is 15.9 Å². The van der Waals surface area contributed by atoms with E-state index in [1.165, 1.54) is 42.5 Å². The largest absolute Gasteiger partial charge is 0.452 e. The van der Waals surface area contributed by atoms with Gasteiger partial charge in [-0.15, -0.1) is 0 Å². The summed E-state index contributed by atoms with van der Waals surface area (Å²) in [7, 11) is 0. The molecule has 3 aromatic carbocycles. The molecule has 0 atom stereocenters. The minimum atomic E-state index is -0.542. The van der Waals surface area contributed by atoms with Crippen molar-refractivity contribution in [2.75, 3.05) is 0 Å². The Morgan fingerprint density at radius 2 is 1.83 bits per heavy atom. The summed E-state index contributed by atoms with van der Waals surface area (Å²) in [5.74, 6) is -0.396. The predicted molar refractivity (Wildman–Crippen MR) is 112 cm³/mol. The number of non-ortho nitro benzene ring substituents is 1. The maximum atomic E-state index is 12.6. The van der Waals surface area contributed by atoms with Crippen LogP contribution in [0.4, 0.5) is 5.69 Å². The van der Waals surface area contributed by atoms with Crippen molar-refractivity contribution in [3.8, 4) is 11.5 Å². The van der Waals surface area contributed by atoms with E-state index in [0.717, 1.165) is 4.47 Å². The van der Waals surface area contributed by atoms with Crippen molar-refractivity contribution in [3.05, 3.63) is 104 Å². The molecule has 0 aromatic heterocycles. The molecule has 0 fully saturated rings. The van der Waals surface area contributed by atoms with Gasteiger partial charge in [0.25, 0.3) is 5.69 Å². The number of esters is 1. The molecule has 7 nitrogen and oxygen atoms in total. The molecule has 3 aromatic rings. The van der Waals surface area contributed by atoms with Crippen LogP contribution < -0.4 is 9.47 Å². The van der Waals surface area contributed by atoms with Crippen LogP contribution in [-0.2, 0) is 0 Å². The maximum absolute atomic E-state index is 12.6. The van der Waals surface area contributed by atoms with Crippen molar-refractivity contribution in [1.29, 1.82) is 0 Å². The third-order valence-corrected chi connectivity index (χ3v) is 4.84. The van der Waals surface area contributed by atoms with Crippen molar-refractivity contribution in [2.24, 2.45) is 0 Å². The number of ketones is 1. The number of carbonyl (C=O) groups excluding carboxylic acids is 2. The summed E-state index contributed by atoms with van der Waals surface area (Å²) < 4.78 is 11.8. The van der Waals surface area contributed by atoms with Crippen molar-refractivity contribution in [3.63, 3.8) is 0 Å². The summed E-state index contributed by atoms with van der Waals surface area (Å²) >= 11 is 3.30. The molecule has 148 valence electrons. The van der Waals surface area contributed by atoms with E-state index in [0.29, 0.717) is 16.7 Å². The molecule has 30 heavy (non-hydrogen) atoms. The normalized spacial score (nSPS) is 13.6. The fourth-order valence-electron chi connectivity index (χ4n) is 2.86. The Bertz CT molecular complexity index is 1220. The Hall–Kier alpha value is -3.78. The second-order valence-corrected chi connectivity index (χ2v) is 7.26. The molecule has 0 spiro atoms. The number of carbonyl (C=O) groups is 2. The van der Waals surface area contributed by atoms with Crippen LogP contribution in [0.3, 0.4) is 0 Å². The molecule has 4 rings (SSSR count). The van der Waals surface area contributed by atoms with Crippen LogP contribution >= 0.6 is 15.9 Å². The number of nitrogens with zero attached hydrogens (tertiary/aromatic N) is 1. The number of Topliss-reactive ketones (excluding diaryl/α,β-unsaturated/α-hetero) is 1. The van der Waals surface area contributed by atoms with Crippen molar-refractivity contribution in [2.45, 2.75) is 0 Å². The number of rotatable bonds is 4. The lowest BCUT2D eigenvalue weighted by atomic mass is 10.1. The number of allylic oxidation sites excluding steroid dienone is 1. The van der Waals surface area contributed by atoms with Gasteiger partial charge in [0.1, 0.15) is 11.5 Å². The van der Waals surface area contributed by atoms with Gasteiger partial charge in [0, 0.05) is 22.7 Å². The third kappa shape index (κ3) is 3.99. The van der Waals surface area contributed by atoms with Gasteiger partial charge in [-0.25, -0.2) is 4.79 Å². The van der Waals surface area contributed by atoms with Crippen LogP contribution in [0, 0.1) is 10.1 Å².